The van der Waals surface area contributed by atoms with Crippen molar-refractivity contribution in [2.75, 3.05) is 6.54 Å². The average Bonchev–Trinajstić information content (AvgIpc) is 3.01. The van der Waals surface area contributed by atoms with E-state index in [1.807, 2.05) is 0 Å². The minimum atomic E-state index is -0.535. The number of hydrogen-bond acceptors (Lipinski definition) is 4. The Labute approximate surface area is 140 Å². The molecule has 4 aliphatic rings. The van der Waals surface area contributed by atoms with Gasteiger partial charge in [-0.1, -0.05) is 0 Å². The second-order valence-corrected chi connectivity index (χ2v) is 8.25. The summed E-state index contributed by atoms with van der Waals surface area (Å²) in [7, 11) is 0. The smallest absolute Gasteiger partial charge is 0.307 e. The molecule has 0 unspecified atom stereocenters. The molecule has 4 bridgehead atoms. The molecule has 1 aromatic rings. The summed E-state index contributed by atoms with van der Waals surface area (Å²) in [4.78, 5) is 22.7. The number of nitrogens with zero attached hydrogens (tertiary/aromatic N) is 3. The standard InChI is InChI=1S/C17H24N4O3/c1-11(20-9-15(8-19-20)21(23)24)16(22)18-10-17-5-12-2-13(6-17)4-14(3-12)7-17/h8-9,11-14H,2-7,10H2,1H3,(H,18,22)/t11-,12?,13?,14?,17?/m1/s1. The van der Waals surface area contributed by atoms with Crippen LogP contribution in [0.4, 0.5) is 5.69 Å². The Bertz CT molecular complexity index is 633. The number of hydrogen-bond donors (Lipinski definition) is 1. The summed E-state index contributed by atoms with van der Waals surface area (Å²) in [5, 5.41) is 17.8. The molecule has 0 spiro atoms. The van der Waals surface area contributed by atoms with Crippen LogP contribution in [0.15, 0.2) is 12.4 Å². The van der Waals surface area contributed by atoms with Crippen molar-refractivity contribution in [3.05, 3.63) is 22.5 Å². The number of nitro groups is 1. The summed E-state index contributed by atoms with van der Waals surface area (Å²) >= 11 is 0. The second-order valence-electron chi connectivity index (χ2n) is 8.25. The number of carbonyl (C=O) groups excluding carboxylic acids is 1. The topological polar surface area (TPSA) is 90.1 Å². The molecule has 1 atom stereocenters. The van der Waals surface area contributed by atoms with Crippen LogP contribution < -0.4 is 5.32 Å². The maximum Gasteiger partial charge on any atom is 0.307 e. The number of nitrogens with one attached hydrogen (secondary N) is 1. The van der Waals surface area contributed by atoms with E-state index in [0.717, 1.165) is 24.3 Å². The van der Waals surface area contributed by atoms with E-state index in [-0.39, 0.29) is 11.6 Å². The summed E-state index contributed by atoms with van der Waals surface area (Å²) in [5.74, 6) is 2.47. The van der Waals surface area contributed by atoms with Gasteiger partial charge in [-0.3, -0.25) is 19.6 Å². The molecule has 1 heterocycles. The van der Waals surface area contributed by atoms with Crippen molar-refractivity contribution in [2.24, 2.45) is 23.2 Å². The van der Waals surface area contributed by atoms with Gasteiger partial charge in [0, 0.05) is 6.54 Å². The fourth-order valence-corrected chi connectivity index (χ4v) is 5.68. The van der Waals surface area contributed by atoms with Gasteiger partial charge in [-0.2, -0.15) is 5.10 Å². The lowest BCUT2D eigenvalue weighted by Gasteiger charge is -2.57. The van der Waals surface area contributed by atoms with Crippen molar-refractivity contribution < 1.29 is 9.72 Å². The molecular weight excluding hydrogens is 308 g/mol. The van der Waals surface area contributed by atoms with Gasteiger partial charge in [-0.15, -0.1) is 0 Å². The Morgan fingerprint density at radius 1 is 1.38 bits per heavy atom. The van der Waals surface area contributed by atoms with Gasteiger partial charge < -0.3 is 5.32 Å². The first kappa shape index (κ1) is 15.6. The van der Waals surface area contributed by atoms with E-state index in [0.29, 0.717) is 5.41 Å². The summed E-state index contributed by atoms with van der Waals surface area (Å²) in [6.07, 6.45) is 10.4. The van der Waals surface area contributed by atoms with Gasteiger partial charge in [0.05, 0.1) is 4.92 Å². The van der Waals surface area contributed by atoms with Gasteiger partial charge in [0.2, 0.25) is 5.91 Å². The first-order valence-electron chi connectivity index (χ1n) is 8.90. The molecule has 24 heavy (non-hydrogen) atoms. The third-order valence-electron chi connectivity index (χ3n) is 6.38. The van der Waals surface area contributed by atoms with E-state index in [1.54, 1.807) is 6.92 Å². The Hall–Kier alpha value is -1.92. The molecule has 0 aromatic carbocycles. The predicted molar refractivity (Wildman–Crippen MR) is 87.2 cm³/mol. The highest BCUT2D eigenvalue weighted by Crippen LogP contribution is 2.59. The number of rotatable bonds is 5. The number of aromatic nitrogens is 2. The lowest BCUT2D eigenvalue weighted by Crippen LogP contribution is -2.51. The SMILES string of the molecule is C[C@H](C(=O)NCC12CC3CC(CC(C3)C1)C2)n1cc([N+](=O)[O-])cn1. The number of amides is 1. The minimum Gasteiger partial charge on any atom is -0.354 e. The quantitative estimate of drug-likeness (QED) is 0.663. The lowest BCUT2D eigenvalue weighted by molar-refractivity contribution is -0.385. The highest BCUT2D eigenvalue weighted by Gasteiger charge is 2.50. The van der Waals surface area contributed by atoms with Gasteiger partial charge in [0.25, 0.3) is 0 Å². The average molecular weight is 332 g/mol. The van der Waals surface area contributed by atoms with Gasteiger partial charge in [0.15, 0.2) is 0 Å². The molecule has 1 amide bonds. The van der Waals surface area contributed by atoms with Crippen LogP contribution in [0, 0.1) is 33.3 Å². The highest BCUT2D eigenvalue weighted by atomic mass is 16.6. The molecular formula is C17H24N4O3. The van der Waals surface area contributed by atoms with Crippen LogP contribution in [0.1, 0.15) is 51.5 Å². The lowest BCUT2D eigenvalue weighted by atomic mass is 9.49. The van der Waals surface area contributed by atoms with Crippen LogP contribution in [0.5, 0.6) is 0 Å². The van der Waals surface area contributed by atoms with Crippen LogP contribution in [0.25, 0.3) is 0 Å². The fourth-order valence-electron chi connectivity index (χ4n) is 5.68. The van der Waals surface area contributed by atoms with E-state index < -0.39 is 11.0 Å². The Morgan fingerprint density at radius 3 is 2.46 bits per heavy atom. The molecule has 0 saturated heterocycles. The largest absolute Gasteiger partial charge is 0.354 e. The molecule has 130 valence electrons. The molecule has 0 radical (unpaired) electrons. The van der Waals surface area contributed by atoms with E-state index >= 15 is 0 Å². The predicted octanol–water partition coefficient (Wildman–Crippen LogP) is 2.68. The molecule has 0 aliphatic heterocycles. The fraction of sp³-hybridized carbons (Fsp3) is 0.765. The van der Waals surface area contributed by atoms with E-state index in [1.165, 1.54) is 55.6 Å². The molecule has 5 rings (SSSR count). The van der Waals surface area contributed by atoms with Crippen molar-refractivity contribution in [1.29, 1.82) is 0 Å². The monoisotopic (exact) mass is 332 g/mol. The maximum atomic E-state index is 12.5. The Morgan fingerprint density at radius 2 is 1.96 bits per heavy atom. The zero-order valence-electron chi connectivity index (χ0n) is 14.0. The van der Waals surface area contributed by atoms with E-state index in [9.17, 15) is 14.9 Å². The minimum absolute atomic E-state index is 0.0873. The Balaban J connectivity index is 1.38. The molecule has 1 aromatic heterocycles. The molecule has 1 N–H and O–H groups in total. The maximum absolute atomic E-state index is 12.5. The van der Waals surface area contributed by atoms with Crippen molar-refractivity contribution in [2.45, 2.75) is 51.5 Å². The normalized spacial score (nSPS) is 35.0. The van der Waals surface area contributed by atoms with E-state index in [2.05, 4.69) is 10.4 Å². The molecule has 4 fully saturated rings. The second kappa shape index (κ2) is 5.57. The summed E-state index contributed by atoms with van der Waals surface area (Å²) in [6.45, 7) is 2.47. The van der Waals surface area contributed by atoms with Crippen LogP contribution in [-0.2, 0) is 4.79 Å². The molecule has 7 nitrogen and oxygen atoms in total. The van der Waals surface area contributed by atoms with Gasteiger partial charge in [-0.25, -0.2) is 0 Å². The van der Waals surface area contributed by atoms with Crippen molar-refractivity contribution in [1.82, 2.24) is 15.1 Å². The van der Waals surface area contributed by atoms with Gasteiger partial charge in [0.1, 0.15) is 18.4 Å². The molecule has 4 saturated carbocycles. The first-order chi connectivity index (χ1) is 11.4. The Kier molecular flexibility index (Phi) is 3.62. The summed E-state index contributed by atoms with van der Waals surface area (Å²) in [5.41, 5.74) is 0.205. The van der Waals surface area contributed by atoms with Gasteiger partial charge >= 0.3 is 5.69 Å². The van der Waals surface area contributed by atoms with Crippen molar-refractivity contribution in [3.8, 4) is 0 Å². The summed E-state index contributed by atoms with van der Waals surface area (Å²) in [6, 6.07) is -0.535. The van der Waals surface area contributed by atoms with Crippen LogP contribution in [0.3, 0.4) is 0 Å². The van der Waals surface area contributed by atoms with Crippen molar-refractivity contribution in [3.63, 3.8) is 0 Å². The van der Waals surface area contributed by atoms with Crippen LogP contribution in [-0.4, -0.2) is 27.2 Å². The first-order valence-corrected chi connectivity index (χ1v) is 8.90. The van der Waals surface area contributed by atoms with Crippen LogP contribution in [0.2, 0.25) is 0 Å². The zero-order chi connectivity index (χ0) is 16.9. The number of carbonyl (C=O) groups is 1. The third kappa shape index (κ3) is 2.70. The zero-order valence-corrected chi connectivity index (χ0v) is 14.0. The highest BCUT2D eigenvalue weighted by molar-refractivity contribution is 5.79. The van der Waals surface area contributed by atoms with Crippen LogP contribution >= 0.6 is 0 Å². The summed E-state index contributed by atoms with van der Waals surface area (Å²) < 4.78 is 1.37. The third-order valence-corrected chi connectivity index (χ3v) is 6.38. The van der Waals surface area contributed by atoms with E-state index in [4.69, 9.17) is 0 Å². The molecule has 7 heteroatoms. The molecule has 4 aliphatic carbocycles. The van der Waals surface area contributed by atoms with Crippen molar-refractivity contribution >= 4 is 11.6 Å². The van der Waals surface area contributed by atoms with Gasteiger partial charge in [-0.05, 0) is 68.6 Å².